The van der Waals surface area contributed by atoms with E-state index in [-0.39, 0.29) is 29.1 Å². The van der Waals surface area contributed by atoms with Crippen LogP contribution in [0.4, 0.5) is 0 Å². The maximum atomic E-state index is 12.5. The van der Waals surface area contributed by atoms with Crippen molar-refractivity contribution in [3.8, 4) is 0 Å². The molecule has 2 aromatic heterocycles. The number of carbonyl (C=O) groups excluding carboxylic acids is 1. The van der Waals surface area contributed by atoms with Crippen molar-refractivity contribution in [3.05, 3.63) is 61.9 Å². The van der Waals surface area contributed by atoms with Crippen LogP contribution in [0.5, 0.6) is 0 Å². The molecule has 27 heavy (non-hydrogen) atoms. The predicted molar refractivity (Wildman–Crippen MR) is 101 cm³/mol. The summed E-state index contributed by atoms with van der Waals surface area (Å²) in [6, 6.07) is 4.82. The smallest absolute Gasteiger partial charge is 0.267 e. The number of carbonyl (C=O) groups is 1. The number of amides is 1. The van der Waals surface area contributed by atoms with Crippen molar-refractivity contribution < 1.29 is 4.79 Å². The molecule has 0 aromatic carbocycles. The van der Waals surface area contributed by atoms with E-state index in [0.29, 0.717) is 5.56 Å². The lowest BCUT2D eigenvalue weighted by atomic mass is 9.90. The van der Waals surface area contributed by atoms with Gasteiger partial charge in [-0.3, -0.25) is 14.4 Å². The van der Waals surface area contributed by atoms with E-state index in [9.17, 15) is 14.4 Å². The SMILES string of the molecule is O=C(NC1CCC(n2nc3c(cc2=O)CCCC3)CC1)c1ccc(=O)[nH]c1. The van der Waals surface area contributed by atoms with E-state index in [2.05, 4.69) is 15.4 Å². The van der Waals surface area contributed by atoms with Gasteiger partial charge in [-0.1, -0.05) is 0 Å². The number of aryl methyl sites for hydroxylation is 2. The molecule has 2 heterocycles. The zero-order valence-corrected chi connectivity index (χ0v) is 15.2. The van der Waals surface area contributed by atoms with Gasteiger partial charge in [0, 0.05) is 24.4 Å². The predicted octanol–water partition coefficient (Wildman–Crippen LogP) is 1.72. The Morgan fingerprint density at radius 3 is 2.63 bits per heavy atom. The molecule has 0 bridgehead atoms. The summed E-state index contributed by atoms with van der Waals surface area (Å²) in [5, 5.41) is 7.68. The molecule has 0 spiro atoms. The van der Waals surface area contributed by atoms with Gasteiger partial charge in [0.05, 0.1) is 17.3 Å². The van der Waals surface area contributed by atoms with E-state index in [1.54, 1.807) is 10.7 Å². The van der Waals surface area contributed by atoms with Crippen molar-refractivity contribution in [1.82, 2.24) is 20.1 Å². The van der Waals surface area contributed by atoms with E-state index in [1.807, 2.05) is 0 Å². The molecule has 0 unspecified atom stereocenters. The largest absolute Gasteiger partial charge is 0.349 e. The van der Waals surface area contributed by atoms with Crippen molar-refractivity contribution >= 4 is 5.91 Å². The number of aromatic amines is 1. The quantitative estimate of drug-likeness (QED) is 0.862. The van der Waals surface area contributed by atoms with Crippen molar-refractivity contribution in [2.24, 2.45) is 0 Å². The highest BCUT2D eigenvalue weighted by Crippen LogP contribution is 2.28. The minimum absolute atomic E-state index is 0.00336. The highest BCUT2D eigenvalue weighted by molar-refractivity contribution is 5.93. The number of pyridine rings is 1. The van der Waals surface area contributed by atoms with Gasteiger partial charge in [-0.15, -0.1) is 0 Å². The van der Waals surface area contributed by atoms with Crippen molar-refractivity contribution in [2.75, 3.05) is 0 Å². The molecule has 2 aliphatic carbocycles. The number of hydrogen-bond acceptors (Lipinski definition) is 4. The summed E-state index contributed by atoms with van der Waals surface area (Å²) in [4.78, 5) is 38.4. The Morgan fingerprint density at radius 2 is 1.89 bits per heavy atom. The molecule has 0 atom stereocenters. The molecule has 0 radical (unpaired) electrons. The summed E-state index contributed by atoms with van der Waals surface area (Å²) >= 11 is 0. The third-order valence-electron chi connectivity index (χ3n) is 5.66. The number of hydrogen-bond donors (Lipinski definition) is 2. The minimum Gasteiger partial charge on any atom is -0.349 e. The Hall–Kier alpha value is -2.70. The van der Waals surface area contributed by atoms with Gasteiger partial charge in [-0.2, -0.15) is 5.10 Å². The zero-order valence-electron chi connectivity index (χ0n) is 15.2. The third kappa shape index (κ3) is 3.86. The highest BCUT2D eigenvalue weighted by Gasteiger charge is 2.26. The second-order valence-corrected chi connectivity index (χ2v) is 7.53. The maximum Gasteiger partial charge on any atom is 0.267 e. The van der Waals surface area contributed by atoms with Crippen LogP contribution in [0.3, 0.4) is 0 Å². The summed E-state index contributed by atoms with van der Waals surface area (Å²) in [7, 11) is 0. The van der Waals surface area contributed by atoms with E-state index in [0.717, 1.165) is 62.6 Å². The molecule has 1 amide bonds. The van der Waals surface area contributed by atoms with Crippen LogP contribution in [0, 0.1) is 0 Å². The molecule has 7 heteroatoms. The van der Waals surface area contributed by atoms with Crippen LogP contribution < -0.4 is 16.4 Å². The Balaban J connectivity index is 1.39. The van der Waals surface area contributed by atoms with Gasteiger partial charge in [0.2, 0.25) is 5.56 Å². The first kappa shape index (κ1) is 17.7. The number of nitrogens with one attached hydrogen (secondary N) is 2. The molecule has 2 aliphatic rings. The van der Waals surface area contributed by atoms with Crippen LogP contribution in [-0.2, 0) is 12.8 Å². The highest BCUT2D eigenvalue weighted by atomic mass is 16.2. The Kier molecular flexibility index (Phi) is 4.92. The summed E-state index contributed by atoms with van der Waals surface area (Å²) in [5.41, 5.74) is 2.41. The molecule has 2 N–H and O–H groups in total. The molecular formula is C20H24N4O3. The first-order valence-electron chi connectivity index (χ1n) is 9.71. The summed E-state index contributed by atoms with van der Waals surface area (Å²) in [6.45, 7) is 0. The molecule has 1 saturated carbocycles. The lowest BCUT2D eigenvalue weighted by molar-refractivity contribution is 0.0921. The third-order valence-corrected chi connectivity index (χ3v) is 5.66. The number of aromatic nitrogens is 3. The van der Waals surface area contributed by atoms with Crippen LogP contribution in [0.2, 0.25) is 0 Å². The summed E-state index contributed by atoms with van der Waals surface area (Å²) in [6.07, 6.45) is 8.89. The molecule has 4 rings (SSSR count). The van der Waals surface area contributed by atoms with Crippen LogP contribution >= 0.6 is 0 Å². The van der Waals surface area contributed by atoms with Crippen LogP contribution in [0.15, 0.2) is 34.0 Å². The number of fused-ring (bicyclic) bond motifs is 1. The van der Waals surface area contributed by atoms with E-state index < -0.39 is 0 Å². The van der Waals surface area contributed by atoms with Gasteiger partial charge in [-0.05, 0) is 63.0 Å². The maximum absolute atomic E-state index is 12.5. The fourth-order valence-electron chi connectivity index (χ4n) is 4.12. The second kappa shape index (κ2) is 7.50. The van der Waals surface area contributed by atoms with Crippen LogP contribution in [0.1, 0.15) is 66.2 Å². The molecule has 0 aliphatic heterocycles. The zero-order chi connectivity index (χ0) is 18.8. The number of H-pyrrole nitrogens is 1. The first-order chi connectivity index (χ1) is 13.1. The molecule has 1 fully saturated rings. The number of rotatable bonds is 3. The lowest BCUT2D eigenvalue weighted by Crippen LogP contribution is -2.40. The Bertz CT molecular complexity index is 934. The fraction of sp³-hybridized carbons (Fsp3) is 0.500. The monoisotopic (exact) mass is 368 g/mol. The fourth-order valence-corrected chi connectivity index (χ4v) is 4.12. The molecule has 142 valence electrons. The van der Waals surface area contributed by atoms with Gasteiger partial charge in [0.15, 0.2) is 0 Å². The topological polar surface area (TPSA) is 96.8 Å². The minimum atomic E-state index is -0.227. The van der Waals surface area contributed by atoms with Gasteiger partial charge >= 0.3 is 0 Å². The molecular weight excluding hydrogens is 344 g/mol. The molecule has 0 saturated heterocycles. The van der Waals surface area contributed by atoms with Gasteiger partial charge in [0.1, 0.15) is 0 Å². The summed E-state index contributed by atoms with van der Waals surface area (Å²) < 4.78 is 1.67. The lowest BCUT2D eigenvalue weighted by Gasteiger charge is -2.30. The van der Waals surface area contributed by atoms with Gasteiger partial charge in [-0.25, -0.2) is 4.68 Å². The van der Waals surface area contributed by atoms with Crippen LogP contribution in [-0.4, -0.2) is 26.7 Å². The van der Waals surface area contributed by atoms with E-state index >= 15 is 0 Å². The second-order valence-electron chi connectivity index (χ2n) is 7.53. The van der Waals surface area contributed by atoms with Crippen molar-refractivity contribution in [1.29, 1.82) is 0 Å². The Labute approximate surface area is 156 Å². The van der Waals surface area contributed by atoms with Gasteiger partial charge < -0.3 is 10.3 Å². The van der Waals surface area contributed by atoms with Crippen LogP contribution in [0.25, 0.3) is 0 Å². The molecule has 2 aromatic rings. The van der Waals surface area contributed by atoms with E-state index in [4.69, 9.17) is 0 Å². The standard InChI is InChI=1S/C20H24N4O3/c25-18-10-5-14(12-21-18)20(27)22-15-6-8-16(9-7-15)24-19(26)11-13-3-1-2-4-17(13)23-24/h5,10-12,15-16H,1-4,6-9H2,(H,21,25)(H,22,27). The molecule has 7 nitrogen and oxygen atoms in total. The average molecular weight is 368 g/mol. The number of nitrogens with zero attached hydrogens (tertiary/aromatic N) is 2. The van der Waals surface area contributed by atoms with Crippen molar-refractivity contribution in [3.63, 3.8) is 0 Å². The average Bonchev–Trinajstić information content (AvgIpc) is 2.68. The normalized spacial score (nSPS) is 22.1. The first-order valence-corrected chi connectivity index (χ1v) is 9.71. The van der Waals surface area contributed by atoms with Crippen molar-refractivity contribution in [2.45, 2.75) is 63.5 Å². The van der Waals surface area contributed by atoms with Gasteiger partial charge in [0.25, 0.3) is 11.5 Å². The Morgan fingerprint density at radius 1 is 1.11 bits per heavy atom. The summed E-state index contributed by atoms with van der Waals surface area (Å²) in [5.74, 6) is -0.182. The van der Waals surface area contributed by atoms with E-state index in [1.165, 1.54) is 18.3 Å².